The number of nitrogens with zero attached hydrogens (tertiary/aromatic N) is 1. The van der Waals surface area contributed by atoms with Crippen molar-refractivity contribution >= 4 is 0 Å². The molecular weight excluding hydrogens is 246 g/mol. The predicted molar refractivity (Wildman–Crippen MR) is 87.6 cm³/mol. The molecule has 0 fully saturated rings. The van der Waals surface area contributed by atoms with Gasteiger partial charge in [-0.05, 0) is 25.1 Å². The second-order valence-electron chi connectivity index (χ2n) is 3.36. The van der Waals surface area contributed by atoms with Crippen LogP contribution in [0.1, 0.15) is 40.2 Å². The van der Waals surface area contributed by atoms with Crippen LogP contribution in [-0.2, 0) is 0 Å². The number of rotatable bonds is 4. The fourth-order valence-electron chi connectivity index (χ4n) is 1.06. The summed E-state index contributed by atoms with van der Waals surface area (Å²) in [4.78, 5) is 0. The van der Waals surface area contributed by atoms with Crippen LogP contribution < -0.4 is 4.74 Å². The lowest BCUT2D eigenvalue weighted by Gasteiger charge is -2.06. The van der Waals surface area contributed by atoms with Crippen LogP contribution in [0, 0.1) is 11.3 Å². The van der Waals surface area contributed by atoms with Crippen molar-refractivity contribution in [2.75, 3.05) is 0 Å². The van der Waals surface area contributed by atoms with E-state index in [1.54, 1.807) is 30.4 Å². The Bertz CT molecular complexity index is 478. The minimum atomic E-state index is 0.477. The van der Waals surface area contributed by atoms with E-state index in [-0.39, 0.29) is 0 Å². The first-order valence-corrected chi connectivity index (χ1v) is 6.83. The molecule has 0 aliphatic carbocycles. The fraction of sp³-hybridized carbons (Fsp3) is 0.278. The largest absolute Gasteiger partial charge is 0.457 e. The van der Waals surface area contributed by atoms with E-state index >= 15 is 0 Å². The fourth-order valence-corrected chi connectivity index (χ4v) is 1.06. The maximum Gasteiger partial charge on any atom is 0.145 e. The van der Waals surface area contributed by atoms with E-state index in [4.69, 9.17) is 10.00 Å². The van der Waals surface area contributed by atoms with Crippen molar-refractivity contribution in [3.8, 4) is 11.8 Å². The zero-order valence-electron chi connectivity index (χ0n) is 13.2. The quantitative estimate of drug-likeness (QED) is 0.524. The average Bonchev–Trinajstić information content (AvgIpc) is 2.50. The molecule has 0 heterocycles. The van der Waals surface area contributed by atoms with Gasteiger partial charge >= 0.3 is 0 Å². The lowest BCUT2D eigenvalue weighted by atomic mass is 10.2. The van der Waals surface area contributed by atoms with Crippen LogP contribution in [0.25, 0.3) is 0 Å². The van der Waals surface area contributed by atoms with Gasteiger partial charge in [0.25, 0.3) is 0 Å². The molecule has 1 aromatic rings. The van der Waals surface area contributed by atoms with Gasteiger partial charge in [0.2, 0.25) is 0 Å². The van der Waals surface area contributed by atoms with Crippen molar-refractivity contribution in [1.82, 2.24) is 0 Å². The average molecular weight is 271 g/mol. The molecule has 20 heavy (non-hydrogen) atoms. The van der Waals surface area contributed by atoms with Gasteiger partial charge in [0, 0.05) is 0 Å². The molecule has 0 atom stereocenters. The second kappa shape index (κ2) is 13.2. The van der Waals surface area contributed by atoms with Gasteiger partial charge in [0.15, 0.2) is 0 Å². The Morgan fingerprint density at radius 1 is 1.10 bits per heavy atom. The summed E-state index contributed by atoms with van der Waals surface area (Å²) in [5.74, 6) is 0.993. The molecule has 0 bridgehead atoms. The summed E-state index contributed by atoms with van der Waals surface area (Å²) in [6.07, 6.45) is 3.52. The third-order valence-corrected chi connectivity index (χ3v) is 1.80. The lowest BCUT2D eigenvalue weighted by molar-refractivity contribution is 0.445. The first-order chi connectivity index (χ1) is 9.63. The Morgan fingerprint density at radius 2 is 1.65 bits per heavy atom. The lowest BCUT2D eigenvalue weighted by Crippen LogP contribution is -1.92. The van der Waals surface area contributed by atoms with Crippen molar-refractivity contribution < 1.29 is 4.74 Å². The first kappa shape index (κ1) is 20.1. The van der Waals surface area contributed by atoms with Crippen molar-refractivity contribution in [3.05, 3.63) is 66.5 Å². The molecular formula is C18H25NO. The van der Waals surface area contributed by atoms with Crippen molar-refractivity contribution in [2.45, 2.75) is 34.6 Å². The summed E-state index contributed by atoms with van der Waals surface area (Å²) in [7, 11) is 0. The van der Waals surface area contributed by atoms with Gasteiger partial charge in [-0.2, -0.15) is 5.26 Å². The van der Waals surface area contributed by atoms with Crippen LogP contribution in [0.2, 0.25) is 0 Å². The molecule has 0 aromatic heterocycles. The summed E-state index contributed by atoms with van der Waals surface area (Å²) in [6.45, 7) is 17.4. The number of hydrogen-bond acceptors (Lipinski definition) is 2. The van der Waals surface area contributed by atoms with Crippen LogP contribution in [-0.4, -0.2) is 0 Å². The summed E-state index contributed by atoms with van der Waals surface area (Å²) in [5, 5.41) is 8.86. The zero-order valence-corrected chi connectivity index (χ0v) is 13.2. The summed E-state index contributed by atoms with van der Waals surface area (Å²) in [5.41, 5.74) is 1.41. The highest BCUT2D eigenvalue weighted by Gasteiger charge is 2.01. The standard InChI is InChI=1S/C14H13NO.2C2H6/c1-11(2)8-9-12(3)16-14-7-5-4-6-13(14)10-15;2*1-2/h4-9H,1,3H2,2H3;2*1-2H3/b9-8-;;. The molecule has 1 aromatic carbocycles. The molecule has 2 heteroatoms. The highest BCUT2D eigenvalue weighted by atomic mass is 16.5. The normalized spacial score (nSPS) is 8.40. The van der Waals surface area contributed by atoms with Crippen LogP contribution in [0.4, 0.5) is 0 Å². The van der Waals surface area contributed by atoms with Crippen LogP contribution in [0.5, 0.6) is 5.75 Å². The number of ether oxygens (including phenoxy) is 1. The summed E-state index contributed by atoms with van der Waals surface area (Å²) < 4.78 is 5.44. The first-order valence-electron chi connectivity index (χ1n) is 6.83. The Kier molecular flexibility index (Phi) is 13.2. The van der Waals surface area contributed by atoms with Crippen LogP contribution in [0.15, 0.2) is 60.9 Å². The minimum absolute atomic E-state index is 0.477. The Labute approximate surface area is 123 Å². The topological polar surface area (TPSA) is 33.0 Å². The second-order valence-corrected chi connectivity index (χ2v) is 3.36. The van der Waals surface area contributed by atoms with E-state index in [0.29, 0.717) is 17.1 Å². The number of para-hydroxylation sites is 1. The van der Waals surface area contributed by atoms with Gasteiger partial charge in [-0.15, -0.1) is 0 Å². The van der Waals surface area contributed by atoms with E-state index < -0.39 is 0 Å². The van der Waals surface area contributed by atoms with Crippen LogP contribution >= 0.6 is 0 Å². The monoisotopic (exact) mass is 271 g/mol. The number of hydrogen-bond donors (Lipinski definition) is 0. The third kappa shape index (κ3) is 8.77. The van der Waals surface area contributed by atoms with Gasteiger partial charge in [-0.1, -0.05) is 64.6 Å². The summed E-state index contributed by atoms with van der Waals surface area (Å²) >= 11 is 0. The van der Waals surface area contributed by atoms with Crippen molar-refractivity contribution in [3.63, 3.8) is 0 Å². The molecule has 108 valence electrons. The molecule has 0 amide bonds. The SMILES string of the molecule is C=C(C)/C=C\C(=C)Oc1ccccc1C#N.CC.CC. The van der Waals surface area contributed by atoms with E-state index in [1.165, 1.54) is 0 Å². The van der Waals surface area contributed by atoms with Gasteiger partial charge in [-0.25, -0.2) is 0 Å². The van der Waals surface area contributed by atoms with Crippen LogP contribution in [0.3, 0.4) is 0 Å². The number of allylic oxidation sites excluding steroid dienone is 3. The molecule has 0 unspecified atom stereocenters. The van der Waals surface area contributed by atoms with Gasteiger partial charge in [0.1, 0.15) is 17.6 Å². The Hall–Kier alpha value is -2.27. The highest BCUT2D eigenvalue weighted by Crippen LogP contribution is 2.19. The molecule has 0 saturated heterocycles. The molecule has 2 nitrogen and oxygen atoms in total. The highest BCUT2D eigenvalue weighted by molar-refractivity contribution is 5.43. The number of benzene rings is 1. The van der Waals surface area contributed by atoms with Gasteiger partial charge in [0.05, 0.1) is 5.56 Å². The van der Waals surface area contributed by atoms with Crippen molar-refractivity contribution in [2.24, 2.45) is 0 Å². The van der Waals surface area contributed by atoms with E-state index in [0.717, 1.165) is 5.57 Å². The molecule has 0 aliphatic heterocycles. The zero-order chi connectivity index (χ0) is 16.0. The predicted octanol–water partition coefficient (Wildman–Crippen LogP) is 5.64. The molecule has 0 N–H and O–H groups in total. The third-order valence-electron chi connectivity index (χ3n) is 1.80. The molecule has 0 aliphatic rings. The van der Waals surface area contributed by atoms with E-state index in [9.17, 15) is 0 Å². The Balaban J connectivity index is 0. The van der Waals surface area contributed by atoms with E-state index in [2.05, 4.69) is 19.2 Å². The molecule has 0 radical (unpaired) electrons. The maximum atomic E-state index is 8.86. The smallest absolute Gasteiger partial charge is 0.145 e. The van der Waals surface area contributed by atoms with E-state index in [1.807, 2.05) is 40.7 Å². The molecule has 0 saturated carbocycles. The Morgan fingerprint density at radius 3 is 2.15 bits per heavy atom. The molecule has 1 rings (SSSR count). The van der Waals surface area contributed by atoms with Gasteiger partial charge < -0.3 is 4.74 Å². The number of nitriles is 1. The summed E-state index contributed by atoms with van der Waals surface area (Å²) in [6, 6.07) is 9.09. The minimum Gasteiger partial charge on any atom is -0.457 e. The van der Waals surface area contributed by atoms with Gasteiger partial charge in [-0.3, -0.25) is 0 Å². The van der Waals surface area contributed by atoms with Crippen molar-refractivity contribution in [1.29, 1.82) is 5.26 Å². The molecule has 0 spiro atoms. The maximum absolute atomic E-state index is 8.86.